The van der Waals surface area contributed by atoms with E-state index in [1.165, 1.54) is 0 Å². The van der Waals surface area contributed by atoms with E-state index in [2.05, 4.69) is 12.7 Å². The number of rotatable bonds is 11. The van der Waals surface area contributed by atoms with E-state index >= 15 is 0 Å². The molecule has 0 bridgehead atoms. The fraction of sp³-hybridized carbons (Fsp3) is 0.600. The van der Waals surface area contributed by atoms with Crippen LogP contribution >= 0.6 is 0 Å². The van der Waals surface area contributed by atoms with Crippen LogP contribution < -0.4 is 0 Å². The minimum absolute atomic E-state index is 0.0472. The first-order valence-corrected chi connectivity index (χ1v) is 8.37. The van der Waals surface area contributed by atoms with E-state index in [9.17, 15) is 10.2 Å². The van der Waals surface area contributed by atoms with Crippen molar-refractivity contribution in [1.29, 1.82) is 0 Å². The Morgan fingerprint density at radius 1 is 1.00 bits per heavy atom. The summed E-state index contributed by atoms with van der Waals surface area (Å²) >= 11 is 0. The third kappa shape index (κ3) is 12.0. The lowest BCUT2D eigenvalue weighted by Gasteiger charge is -2.13. The van der Waals surface area contributed by atoms with Crippen LogP contribution in [0.3, 0.4) is 0 Å². The summed E-state index contributed by atoms with van der Waals surface area (Å²) in [5.41, 5.74) is 4.20. The zero-order chi connectivity index (χ0) is 17.8. The Morgan fingerprint density at radius 2 is 1.65 bits per heavy atom. The van der Waals surface area contributed by atoms with Gasteiger partial charge in [0.2, 0.25) is 0 Å². The van der Waals surface area contributed by atoms with Crippen molar-refractivity contribution in [2.75, 3.05) is 6.61 Å². The Labute approximate surface area is 141 Å². The van der Waals surface area contributed by atoms with Gasteiger partial charge in [-0.15, -0.1) is 0 Å². The second-order valence-electron chi connectivity index (χ2n) is 6.55. The van der Waals surface area contributed by atoms with Gasteiger partial charge in [-0.3, -0.25) is 0 Å². The van der Waals surface area contributed by atoms with Crippen molar-refractivity contribution in [2.45, 2.75) is 72.0 Å². The molecule has 0 saturated carbocycles. The fourth-order valence-corrected chi connectivity index (χ4v) is 2.35. The summed E-state index contributed by atoms with van der Waals surface area (Å²) in [7, 11) is 0. The van der Waals surface area contributed by atoms with Gasteiger partial charge < -0.3 is 15.3 Å². The van der Waals surface area contributed by atoms with Crippen molar-refractivity contribution in [3.05, 3.63) is 47.1 Å². The van der Waals surface area contributed by atoms with Crippen molar-refractivity contribution in [2.24, 2.45) is 0 Å². The number of hydrogen-bond donors (Lipinski definition) is 3. The smallest absolute Gasteiger partial charge is 0.0760 e. The van der Waals surface area contributed by atoms with Gasteiger partial charge in [0.1, 0.15) is 0 Å². The molecule has 2 atom stereocenters. The normalized spacial score (nSPS) is 15.3. The molecule has 0 rings (SSSR count). The van der Waals surface area contributed by atoms with E-state index < -0.39 is 12.2 Å². The topological polar surface area (TPSA) is 60.7 Å². The first kappa shape index (κ1) is 21.8. The summed E-state index contributed by atoms with van der Waals surface area (Å²) in [5, 5.41) is 28.7. The summed E-state index contributed by atoms with van der Waals surface area (Å²) in [5.74, 6) is 0. The molecule has 0 saturated heterocycles. The van der Waals surface area contributed by atoms with Crippen molar-refractivity contribution in [3.63, 3.8) is 0 Å². The van der Waals surface area contributed by atoms with Crippen LogP contribution in [0.2, 0.25) is 0 Å². The molecule has 3 N–H and O–H groups in total. The monoisotopic (exact) mass is 322 g/mol. The Morgan fingerprint density at radius 3 is 2.22 bits per heavy atom. The molecule has 23 heavy (non-hydrogen) atoms. The van der Waals surface area contributed by atoms with Gasteiger partial charge in [0.15, 0.2) is 0 Å². The fourth-order valence-electron chi connectivity index (χ4n) is 2.35. The van der Waals surface area contributed by atoms with Crippen molar-refractivity contribution >= 4 is 0 Å². The quantitative estimate of drug-likeness (QED) is 0.503. The van der Waals surface area contributed by atoms with Crippen molar-refractivity contribution in [1.82, 2.24) is 0 Å². The van der Waals surface area contributed by atoms with E-state index in [4.69, 9.17) is 5.11 Å². The third-order valence-electron chi connectivity index (χ3n) is 3.74. The predicted octanol–water partition coefficient (Wildman–Crippen LogP) is 4.07. The summed E-state index contributed by atoms with van der Waals surface area (Å²) in [6.07, 6.45) is 8.44. The minimum Gasteiger partial charge on any atom is -0.392 e. The molecule has 1 unspecified atom stereocenters. The molecule has 0 aromatic heterocycles. The van der Waals surface area contributed by atoms with Gasteiger partial charge in [-0.2, -0.15) is 0 Å². The zero-order valence-electron chi connectivity index (χ0n) is 15.2. The van der Waals surface area contributed by atoms with E-state index in [1.807, 2.05) is 33.8 Å². The van der Waals surface area contributed by atoms with Gasteiger partial charge in [0, 0.05) is 0 Å². The largest absolute Gasteiger partial charge is 0.392 e. The van der Waals surface area contributed by atoms with Crippen LogP contribution in [0.4, 0.5) is 0 Å². The maximum Gasteiger partial charge on any atom is 0.0760 e. The summed E-state index contributed by atoms with van der Waals surface area (Å²) in [4.78, 5) is 0. The highest BCUT2D eigenvalue weighted by molar-refractivity contribution is 5.09. The Hall–Kier alpha value is -1.16. The van der Waals surface area contributed by atoms with Gasteiger partial charge >= 0.3 is 0 Å². The summed E-state index contributed by atoms with van der Waals surface area (Å²) in [6.45, 7) is 11.9. The van der Waals surface area contributed by atoms with E-state index in [0.29, 0.717) is 12.8 Å². The van der Waals surface area contributed by atoms with Gasteiger partial charge in [-0.05, 0) is 65.4 Å². The van der Waals surface area contributed by atoms with E-state index in [0.717, 1.165) is 41.6 Å². The van der Waals surface area contributed by atoms with E-state index in [-0.39, 0.29) is 6.61 Å². The number of aliphatic hydroxyl groups excluding tert-OH is 3. The van der Waals surface area contributed by atoms with Crippen LogP contribution in [0.15, 0.2) is 47.1 Å². The standard InChI is InChI=1S/C20H34O3/c1-15(2)13-19(22)14-17(4)7-6-8-18(5)20(23)10-9-16(3)11-12-21/h7,11,13,19-23H,5-6,8-10,12,14H2,1-4H3/b16-11+,17-7+/t19-,20?/m0/s1. The second kappa shape index (κ2) is 12.3. The highest BCUT2D eigenvalue weighted by Crippen LogP contribution is 2.17. The highest BCUT2D eigenvalue weighted by atomic mass is 16.3. The van der Waals surface area contributed by atoms with E-state index in [1.54, 1.807) is 6.08 Å². The van der Waals surface area contributed by atoms with Crippen LogP contribution in [-0.4, -0.2) is 34.1 Å². The molecule has 3 nitrogen and oxygen atoms in total. The molecule has 0 spiro atoms. The zero-order valence-corrected chi connectivity index (χ0v) is 15.2. The lowest BCUT2D eigenvalue weighted by molar-refractivity contribution is 0.197. The minimum atomic E-state index is -0.498. The maximum absolute atomic E-state index is 10.1. The number of allylic oxidation sites excluding steroid dienone is 3. The molecule has 0 amide bonds. The maximum atomic E-state index is 10.1. The Balaban J connectivity index is 4.15. The molecule has 0 fully saturated rings. The second-order valence-corrected chi connectivity index (χ2v) is 6.55. The molecule has 0 aromatic rings. The molecule has 0 aliphatic heterocycles. The average molecular weight is 322 g/mol. The lowest BCUT2D eigenvalue weighted by atomic mass is 9.98. The van der Waals surface area contributed by atoms with Crippen LogP contribution in [0.1, 0.15) is 59.8 Å². The van der Waals surface area contributed by atoms with Gasteiger partial charge in [0.25, 0.3) is 0 Å². The van der Waals surface area contributed by atoms with Crippen LogP contribution in [0.5, 0.6) is 0 Å². The molecule has 0 aliphatic carbocycles. The molecule has 0 aromatic carbocycles. The first-order valence-electron chi connectivity index (χ1n) is 8.37. The molecule has 0 radical (unpaired) electrons. The lowest BCUT2D eigenvalue weighted by Crippen LogP contribution is -2.09. The summed E-state index contributed by atoms with van der Waals surface area (Å²) in [6, 6.07) is 0. The molecular formula is C20H34O3. The highest BCUT2D eigenvalue weighted by Gasteiger charge is 2.08. The van der Waals surface area contributed by atoms with Crippen LogP contribution in [-0.2, 0) is 0 Å². The van der Waals surface area contributed by atoms with Gasteiger partial charge in [-0.25, -0.2) is 0 Å². The first-order chi connectivity index (χ1) is 10.8. The van der Waals surface area contributed by atoms with Gasteiger partial charge in [-0.1, -0.05) is 41.5 Å². The summed E-state index contributed by atoms with van der Waals surface area (Å²) < 4.78 is 0. The van der Waals surface area contributed by atoms with Crippen molar-refractivity contribution < 1.29 is 15.3 Å². The Bertz CT molecular complexity index is 440. The number of hydrogen-bond acceptors (Lipinski definition) is 3. The molecule has 0 heterocycles. The predicted molar refractivity (Wildman–Crippen MR) is 98.3 cm³/mol. The van der Waals surface area contributed by atoms with Crippen molar-refractivity contribution in [3.8, 4) is 0 Å². The molecular weight excluding hydrogens is 288 g/mol. The van der Waals surface area contributed by atoms with Crippen LogP contribution in [0.25, 0.3) is 0 Å². The average Bonchev–Trinajstić information content (AvgIpc) is 2.43. The van der Waals surface area contributed by atoms with Gasteiger partial charge in [0.05, 0.1) is 18.8 Å². The Kier molecular flexibility index (Phi) is 11.7. The molecule has 0 aliphatic rings. The molecule has 132 valence electrons. The van der Waals surface area contributed by atoms with Crippen LogP contribution in [0, 0.1) is 0 Å². The number of aliphatic hydroxyl groups is 3. The third-order valence-corrected chi connectivity index (χ3v) is 3.74. The SMILES string of the molecule is C=C(CC/C=C(\C)C[C@@H](O)C=C(C)C)C(O)CC/C(C)=C/CO. The molecule has 3 heteroatoms.